The summed E-state index contributed by atoms with van der Waals surface area (Å²) in [6, 6.07) is 10.9. The second-order valence-corrected chi connectivity index (χ2v) is 8.56. The third-order valence-electron chi connectivity index (χ3n) is 2.70. The Labute approximate surface area is 143 Å². The molecule has 102 valence electrons. The van der Waals surface area contributed by atoms with Crippen molar-refractivity contribution in [3.8, 4) is 0 Å². The van der Waals surface area contributed by atoms with Gasteiger partial charge in [0.25, 0.3) is 0 Å². The van der Waals surface area contributed by atoms with Gasteiger partial charge in [0, 0.05) is 13.8 Å². The highest BCUT2D eigenvalue weighted by molar-refractivity contribution is 9.11. The van der Waals surface area contributed by atoms with Crippen LogP contribution in [0, 0.1) is 0 Å². The van der Waals surface area contributed by atoms with Gasteiger partial charge >= 0.3 is 0 Å². The van der Waals surface area contributed by atoms with Crippen molar-refractivity contribution in [1.82, 2.24) is 5.32 Å². The van der Waals surface area contributed by atoms with Crippen LogP contribution in [-0.4, -0.2) is 6.54 Å². The van der Waals surface area contributed by atoms with Crippen molar-refractivity contribution in [2.75, 3.05) is 6.54 Å². The fourth-order valence-electron chi connectivity index (χ4n) is 1.90. The number of hydrogen-bond acceptors (Lipinski definition) is 2. The second-order valence-electron chi connectivity index (χ2n) is 4.23. The molecule has 0 saturated carbocycles. The van der Waals surface area contributed by atoms with Crippen LogP contribution in [0.3, 0.4) is 0 Å². The number of nitrogens with one attached hydrogen (secondary N) is 1. The Morgan fingerprint density at radius 3 is 2.32 bits per heavy atom. The van der Waals surface area contributed by atoms with Crippen molar-refractivity contribution >= 4 is 59.1 Å². The highest BCUT2D eigenvalue weighted by atomic mass is 79.9. The van der Waals surface area contributed by atoms with Gasteiger partial charge in [-0.05, 0) is 64.8 Å². The van der Waals surface area contributed by atoms with Gasteiger partial charge in [-0.1, -0.05) is 38.8 Å². The summed E-state index contributed by atoms with van der Waals surface area (Å²) >= 11 is 12.4. The molecule has 1 heterocycles. The normalized spacial score (nSPS) is 12.6. The van der Waals surface area contributed by atoms with E-state index < -0.39 is 0 Å². The molecule has 0 aliphatic heterocycles. The number of thiophene rings is 1. The predicted molar refractivity (Wildman–Crippen MR) is 94.0 cm³/mol. The van der Waals surface area contributed by atoms with E-state index in [1.165, 1.54) is 14.2 Å². The summed E-state index contributed by atoms with van der Waals surface area (Å²) in [6.45, 7) is 3.19. The van der Waals surface area contributed by atoms with Gasteiger partial charge in [0.2, 0.25) is 0 Å². The van der Waals surface area contributed by atoms with E-state index in [1.54, 1.807) is 11.3 Å². The van der Waals surface area contributed by atoms with Gasteiger partial charge in [-0.15, -0.1) is 11.3 Å². The summed E-state index contributed by atoms with van der Waals surface area (Å²) in [7, 11) is 0. The summed E-state index contributed by atoms with van der Waals surface area (Å²) in [5.41, 5.74) is 1.27. The standard InChI is InChI=1S/C14H14Br3NS/c1-2-5-18-14(12-3-4-13(17)19-12)9-6-10(15)8-11(16)7-9/h3-4,6-8,14,18H,2,5H2,1H3. The first-order valence-corrected chi connectivity index (χ1v) is 9.24. The molecule has 0 saturated heterocycles. The minimum absolute atomic E-state index is 0.241. The lowest BCUT2D eigenvalue weighted by atomic mass is 10.1. The molecule has 0 aliphatic rings. The van der Waals surface area contributed by atoms with E-state index in [0.29, 0.717) is 0 Å². The quantitative estimate of drug-likeness (QED) is 0.558. The highest BCUT2D eigenvalue weighted by Crippen LogP contribution is 2.33. The molecule has 1 aromatic heterocycles. The molecule has 0 fully saturated rings. The van der Waals surface area contributed by atoms with E-state index in [4.69, 9.17) is 0 Å². The zero-order valence-electron chi connectivity index (χ0n) is 10.4. The van der Waals surface area contributed by atoms with Crippen LogP contribution >= 0.6 is 59.1 Å². The number of hydrogen-bond donors (Lipinski definition) is 1. The molecule has 5 heteroatoms. The molecule has 0 radical (unpaired) electrons. The van der Waals surface area contributed by atoms with Crippen LogP contribution in [0.15, 0.2) is 43.1 Å². The average Bonchev–Trinajstić information content (AvgIpc) is 2.75. The lowest BCUT2D eigenvalue weighted by molar-refractivity contribution is 0.605. The topological polar surface area (TPSA) is 12.0 Å². The Morgan fingerprint density at radius 1 is 1.11 bits per heavy atom. The lowest BCUT2D eigenvalue weighted by Gasteiger charge is -2.18. The van der Waals surface area contributed by atoms with Crippen LogP contribution in [0.5, 0.6) is 0 Å². The maximum atomic E-state index is 3.62. The smallest absolute Gasteiger partial charge is 0.0702 e. The van der Waals surface area contributed by atoms with E-state index in [0.717, 1.165) is 21.9 Å². The SMILES string of the molecule is CCCNC(c1cc(Br)cc(Br)c1)c1ccc(Br)s1. The van der Waals surface area contributed by atoms with Crippen LogP contribution < -0.4 is 5.32 Å². The first-order chi connectivity index (χ1) is 9.10. The van der Waals surface area contributed by atoms with Gasteiger partial charge in [-0.3, -0.25) is 0 Å². The Hall–Kier alpha value is 0.320. The van der Waals surface area contributed by atoms with E-state index in [9.17, 15) is 0 Å². The Morgan fingerprint density at radius 2 is 1.79 bits per heavy atom. The van der Waals surface area contributed by atoms with Crippen molar-refractivity contribution in [2.24, 2.45) is 0 Å². The van der Waals surface area contributed by atoms with Crippen molar-refractivity contribution in [3.05, 3.63) is 53.5 Å². The predicted octanol–water partition coefficient (Wildman–Crippen LogP) is 6.12. The summed E-state index contributed by atoms with van der Waals surface area (Å²) in [5.74, 6) is 0. The van der Waals surface area contributed by atoms with Crippen LogP contribution in [0.4, 0.5) is 0 Å². The minimum atomic E-state index is 0.241. The van der Waals surface area contributed by atoms with E-state index >= 15 is 0 Å². The first kappa shape index (κ1) is 15.7. The number of rotatable bonds is 5. The Balaban J connectivity index is 2.36. The van der Waals surface area contributed by atoms with Crippen LogP contribution in [-0.2, 0) is 0 Å². The van der Waals surface area contributed by atoms with Crippen LogP contribution in [0.2, 0.25) is 0 Å². The molecule has 1 N–H and O–H groups in total. The molecule has 0 bridgehead atoms. The maximum Gasteiger partial charge on any atom is 0.0702 e. The van der Waals surface area contributed by atoms with E-state index in [2.05, 4.69) is 90.4 Å². The molecule has 2 rings (SSSR count). The molecule has 1 atom stereocenters. The molecule has 0 amide bonds. The third-order valence-corrected chi connectivity index (χ3v) is 5.30. The van der Waals surface area contributed by atoms with Gasteiger partial charge in [-0.2, -0.15) is 0 Å². The van der Waals surface area contributed by atoms with E-state index in [-0.39, 0.29) is 6.04 Å². The molecule has 1 aromatic carbocycles. The maximum absolute atomic E-state index is 3.62. The molecule has 0 spiro atoms. The van der Waals surface area contributed by atoms with Gasteiger partial charge in [0.05, 0.1) is 9.83 Å². The summed E-state index contributed by atoms with van der Waals surface area (Å²) in [5, 5.41) is 3.62. The molecule has 19 heavy (non-hydrogen) atoms. The van der Waals surface area contributed by atoms with Crippen LogP contribution in [0.25, 0.3) is 0 Å². The Kier molecular flexibility index (Phi) is 6.09. The molecule has 1 unspecified atom stereocenters. The van der Waals surface area contributed by atoms with Gasteiger partial charge in [0.1, 0.15) is 0 Å². The molecule has 2 aromatic rings. The molecular weight excluding hydrogens is 454 g/mol. The van der Waals surface area contributed by atoms with Crippen molar-refractivity contribution in [1.29, 1.82) is 0 Å². The largest absolute Gasteiger partial charge is 0.306 e. The fourth-order valence-corrected chi connectivity index (χ4v) is 4.75. The average molecular weight is 468 g/mol. The van der Waals surface area contributed by atoms with Crippen molar-refractivity contribution in [2.45, 2.75) is 19.4 Å². The van der Waals surface area contributed by atoms with Gasteiger partial charge in [-0.25, -0.2) is 0 Å². The molecule has 1 nitrogen and oxygen atoms in total. The van der Waals surface area contributed by atoms with E-state index in [1.807, 2.05) is 0 Å². The highest BCUT2D eigenvalue weighted by Gasteiger charge is 2.16. The minimum Gasteiger partial charge on any atom is -0.306 e. The third kappa shape index (κ3) is 4.39. The summed E-state index contributed by atoms with van der Waals surface area (Å²) in [6.07, 6.45) is 1.12. The lowest BCUT2D eigenvalue weighted by Crippen LogP contribution is -2.22. The molecular formula is C14H14Br3NS. The summed E-state index contributed by atoms with van der Waals surface area (Å²) in [4.78, 5) is 1.32. The monoisotopic (exact) mass is 465 g/mol. The summed E-state index contributed by atoms with van der Waals surface area (Å²) < 4.78 is 3.35. The Bertz CT molecular complexity index is 533. The number of halogens is 3. The van der Waals surface area contributed by atoms with Gasteiger partial charge < -0.3 is 5.32 Å². The van der Waals surface area contributed by atoms with Gasteiger partial charge in [0.15, 0.2) is 0 Å². The number of benzene rings is 1. The van der Waals surface area contributed by atoms with Crippen LogP contribution in [0.1, 0.15) is 29.8 Å². The zero-order valence-corrected chi connectivity index (χ0v) is 16.0. The zero-order chi connectivity index (χ0) is 13.8. The molecule has 0 aliphatic carbocycles. The fraction of sp³-hybridized carbons (Fsp3) is 0.286. The van der Waals surface area contributed by atoms with Crippen molar-refractivity contribution < 1.29 is 0 Å². The second kappa shape index (κ2) is 7.36. The first-order valence-electron chi connectivity index (χ1n) is 6.04. The van der Waals surface area contributed by atoms with Crippen molar-refractivity contribution in [3.63, 3.8) is 0 Å².